The summed E-state index contributed by atoms with van der Waals surface area (Å²) in [6.45, 7) is 6.31. The third kappa shape index (κ3) is 4.17. The average molecular weight is 307 g/mol. The van der Waals surface area contributed by atoms with Gasteiger partial charge in [0.15, 0.2) is 0 Å². The molecule has 0 bridgehead atoms. The molecule has 1 aromatic heterocycles. The number of pyridine rings is 1. The predicted octanol–water partition coefficient (Wildman–Crippen LogP) is 1.42. The molecule has 0 aromatic carbocycles. The number of rotatable bonds is 4. The van der Waals surface area contributed by atoms with Crippen molar-refractivity contribution in [3.8, 4) is 0 Å². The highest BCUT2D eigenvalue weighted by atomic mass is 16.6. The van der Waals surface area contributed by atoms with Gasteiger partial charge in [-0.3, -0.25) is 14.7 Å². The Morgan fingerprint density at radius 1 is 1.45 bits per heavy atom. The van der Waals surface area contributed by atoms with Gasteiger partial charge in [0.2, 0.25) is 0 Å². The van der Waals surface area contributed by atoms with Crippen molar-refractivity contribution in [3.63, 3.8) is 0 Å². The van der Waals surface area contributed by atoms with Gasteiger partial charge in [0.05, 0.1) is 6.04 Å². The molecule has 0 aliphatic carbocycles. The second-order valence-corrected chi connectivity index (χ2v) is 6.32. The molecule has 2 N–H and O–H groups in total. The van der Waals surface area contributed by atoms with Crippen molar-refractivity contribution in [3.05, 3.63) is 30.1 Å². The van der Waals surface area contributed by atoms with Crippen LogP contribution < -0.4 is 5.32 Å². The second-order valence-electron chi connectivity index (χ2n) is 6.32. The zero-order valence-electron chi connectivity index (χ0n) is 12.9. The average Bonchev–Trinajstić information content (AvgIpc) is 2.34. The Bertz CT molecular complexity index is 535. The van der Waals surface area contributed by atoms with Crippen molar-refractivity contribution < 1.29 is 19.4 Å². The van der Waals surface area contributed by atoms with Crippen LogP contribution >= 0.6 is 0 Å². The first-order valence-electron chi connectivity index (χ1n) is 7.12. The van der Waals surface area contributed by atoms with E-state index in [-0.39, 0.29) is 6.04 Å². The van der Waals surface area contributed by atoms with Gasteiger partial charge in [-0.05, 0) is 32.4 Å². The van der Waals surface area contributed by atoms with Gasteiger partial charge < -0.3 is 15.2 Å². The number of hydrogen-bond acceptors (Lipinski definition) is 5. The van der Waals surface area contributed by atoms with Crippen molar-refractivity contribution in [2.45, 2.75) is 38.5 Å². The van der Waals surface area contributed by atoms with Crippen molar-refractivity contribution in [1.29, 1.82) is 0 Å². The number of carboxylic acid groups (broad SMARTS) is 1. The van der Waals surface area contributed by atoms with Crippen LogP contribution in [0.3, 0.4) is 0 Å². The molecule has 1 saturated heterocycles. The van der Waals surface area contributed by atoms with Crippen molar-refractivity contribution >= 4 is 12.1 Å². The number of ether oxygens (including phenoxy) is 1. The highest BCUT2D eigenvalue weighted by molar-refractivity contribution is 5.75. The summed E-state index contributed by atoms with van der Waals surface area (Å²) < 4.78 is 5.18. The van der Waals surface area contributed by atoms with Gasteiger partial charge in [-0.15, -0.1) is 0 Å². The first kappa shape index (κ1) is 16.2. The molecular weight excluding hydrogens is 286 g/mol. The number of carbonyl (C=O) groups is 2. The number of nitrogens with one attached hydrogen (secondary N) is 1. The molecule has 2 heterocycles. The van der Waals surface area contributed by atoms with E-state index in [2.05, 4.69) is 10.3 Å². The Hall–Kier alpha value is -2.15. The minimum Gasteiger partial charge on any atom is -0.480 e. The fraction of sp³-hybridized carbons (Fsp3) is 0.533. The second kappa shape index (κ2) is 6.31. The molecule has 1 aliphatic heterocycles. The molecule has 7 nitrogen and oxygen atoms in total. The van der Waals surface area contributed by atoms with Gasteiger partial charge in [0, 0.05) is 25.5 Å². The van der Waals surface area contributed by atoms with Gasteiger partial charge >= 0.3 is 12.1 Å². The SMILES string of the molecule is CC(C)(C)OC(=O)NC1CN([C@@H](C(=O)O)c2cccnc2)C1. The lowest BCUT2D eigenvalue weighted by molar-refractivity contribution is -0.145. The fourth-order valence-electron chi connectivity index (χ4n) is 2.34. The molecule has 1 aromatic rings. The molecule has 7 heteroatoms. The number of amides is 1. The smallest absolute Gasteiger partial charge is 0.407 e. The molecule has 1 aliphatic rings. The van der Waals surface area contributed by atoms with Crippen LogP contribution in [0.2, 0.25) is 0 Å². The standard InChI is InChI=1S/C15H21N3O4/c1-15(2,3)22-14(21)17-11-8-18(9-11)12(13(19)20)10-5-4-6-16-7-10/h4-7,11-12H,8-9H2,1-3H3,(H,17,21)(H,19,20)/t12-/m1/s1. The summed E-state index contributed by atoms with van der Waals surface area (Å²) in [6, 6.07) is 2.60. The first-order chi connectivity index (χ1) is 10.3. The summed E-state index contributed by atoms with van der Waals surface area (Å²) in [5.41, 5.74) is 0.0815. The minimum atomic E-state index is -0.927. The van der Waals surface area contributed by atoms with E-state index in [4.69, 9.17) is 4.74 Å². The van der Waals surface area contributed by atoms with Crippen LogP contribution in [0.25, 0.3) is 0 Å². The van der Waals surface area contributed by atoms with Gasteiger partial charge in [0.25, 0.3) is 0 Å². The summed E-state index contributed by atoms with van der Waals surface area (Å²) in [5.74, 6) is -0.927. The van der Waals surface area contributed by atoms with Crippen LogP contribution in [0.15, 0.2) is 24.5 Å². The van der Waals surface area contributed by atoms with Crippen molar-refractivity contribution in [2.75, 3.05) is 13.1 Å². The third-order valence-electron chi connectivity index (χ3n) is 3.23. The Kier molecular flexibility index (Phi) is 4.65. The van der Waals surface area contributed by atoms with Gasteiger partial charge in [0.1, 0.15) is 11.6 Å². The predicted molar refractivity (Wildman–Crippen MR) is 79.3 cm³/mol. The van der Waals surface area contributed by atoms with Crippen molar-refractivity contribution in [2.24, 2.45) is 0 Å². The van der Waals surface area contributed by atoms with E-state index in [1.165, 1.54) is 0 Å². The molecule has 0 spiro atoms. The molecule has 2 rings (SSSR count). The molecule has 120 valence electrons. The Labute approximate surface area is 129 Å². The van der Waals surface area contributed by atoms with Crippen LogP contribution in [0.1, 0.15) is 32.4 Å². The highest BCUT2D eigenvalue weighted by Crippen LogP contribution is 2.25. The topological polar surface area (TPSA) is 91.8 Å². The summed E-state index contributed by atoms with van der Waals surface area (Å²) in [5, 5.41) is 12.1. The van der Waals surface area contributed by atoms with Gasteiger partial charge in [-0.2, -0.15) is 0 Å². The van der Waals surface area contributed by atoms with Crippen LogP contribution in [0.4, 0.5) is 4.79 Å². The lowest BCUT2D eigenvalue weighted by Crippen LogP contribution is -2.61. The lowest BCUT2D eigenvalue weighted by Gasteiger charge is -2.42. The third-order valence-corrected chi connectivity index (χ3v) is 3.23. The first-order valence-corrected chi connectivity index (χ1v) is 7.12. The maximum atomic E-state index is 11.7. The largest absolute Gasteiger partial charge is 0.480 e. The fourth-order valence-corrected chi connectivity index (χ4v) is 2.34. The summed E-state index contributed by atoms with van der Waals surface area (Å²) in [7, 11) is 0. The molecule has 1 amide bonds. The maximum absolute atomic E-state index is 11.7. The number of aromatic nitrogens is 1. The number of hydrogen-bond donors (Lipinski definition) is 2. The summed E-state index contributed by atoms with van der Waals surface area (Å²) in [6.07, 6.45) is 2.67. The molecule has 0 unspecified atom stereocenters. The Morgan fingerprint density at radius 3 is 2.64 bits per heavy atom. The summed E-state index contributed by atoms with van der Waals surface area (Å²) in [4.78, 5) is 28.9. The minimum absolute atomic E-state index is 0.103. The van der Waals surface area contributed by atoms with Crippen LogP contribution in [-0.4, -0.2) is 51.8 Å². The monoisotopic (exact) mass is 307 g/mol. The number of nitrogens with zero attached hydrogens (tertiary/aromatic N) is 2. The quantitative estimate of drug-likeness (QED) is 0.874. The molecule has 0 saturated carbocycles. The number of aliphatic carboxylic acids is 1. The molecule has 1 atom stereocenters. The number of likely N-dealkylation sites (tertiary alicyclic amines) is 1. The zero-order chi connectivity index (χ0) is 16.3. The molecule has 22 heavy (non-hydrogen) atoms. The van der Waals surface area contributed by atoms with Crippen LogP contribution in [-0.2, 0) is 9.53 Å². The number of carboxylic acids is 1. The Morgan fingerprint density at radius 2 is 2.14 bits per heavy atom. The van der Waals surface area contributed by atoms with E-state index < -0.39 is 23.7 Å². The molecule has 1 fully saturated rings. The van der Waals surface area contributed by atoms with E-state index in [0.29, 0.717) is 18.7 Å². The van der Waals surface area contributed by atoms with E-state index in [1.54, 1.807) is 50.2 Å². The lowest BCUT2D eigenvalue weighted by atomic mass is 10.0. The van der Waals surface area contributed by atoms with Gasteiger partial charge in [-0.1, -0.05) is 6.07 Å². The van der Waals surface area contributed by atoms with E-state index in [0.717, 1.165) is 0 Å². The normalized spacial score (nSPS) is 17.4. The highest BCUT2D eigenvalue weighted by Gasteiger charge is 2.38. The van der Waals surface area contributed by atoms with E-state index in [1.807, 2.05) is 0 Å². The van der Waals surface area contributed by atoms with Gasteiger partial charge in [-0.25, -0.2) is 4.79 Å². The van der Waals surface area contributed by atoms with E-state index in [9.17, 15) is 14.7 Å². The zero-order valence-corrected chi connectivity index (χ0v) is 12.9. The van der Waals surface area contributed by atoms with E-state index >= 15 is 0 Å². The number of carbonyl (C=O) groups excluding carboxylic acids is 1. The number of alkyl carbamates (subject to hydrolysis) is 1. The Balaban J connectivity index is 1.89. The van der Waals surface area contributed by atoms with Crippen LogP contribution in [0, 0.1) is 0 Å². The van der Waals surface area contributed by atoms with Crippen LogP contribution in [0.5, 0.6) is 0 Å². The molecular formula is C15H21N3O4. The maximum Gasteiger partial charge on any atom is 0.407 e. The van der Waals surface area contributed by atoms with Crippen molar-refractivity contribution in [1.82, 2.24) is 15.2 Å². The molecule has 0 radical (unpaired) electrons. The summed E-state index contributed by atoms with van der Waals surface area (Å²) >= 11 is 0.